The molecular weight excluding hydrogens is 356 g/mol. The Morgan fingerprint density at radius 3 is 2.52 bits per heavy atom. The van der Waals surface area contributed by atoms with Crippen molar-refractivity contribution in [2.75, 3.05) is 6.54 Å². The maximum atomic E-state index is 12.3. The fraction of sp³-hybridized carbons (Fsp3) is 0.278. The third-order valence-corrected chi connectivity index (χ3v) is 3.95. The van der Waals surface area contributed by atoms with Gasteiger partial charge in [0.05, 0.1) is 5.56 Å². The summed E-state index contributed by atoms with van der Waals surface area (Å²) in [5.41, 5.74) is 6.96. The molecule has 2 aromatic rings. The predicted octanol–water partition coefficient (Wildman–Crippen LogP) is 3.50. The van der Waals surface area contributed by atoms with Crippen LogP contribution < -0.4 is 15.8 Å². The Bertz CT molecular complexity index is 681. The van der Waals surface area contributed by atoms with Gasteiger partial charge >= 0.3 is 0 Å². The molecule has 0 unspecified atom stereocenters. The molecule has 0 saturated heterocycles. The third-order valence-electron chi connectivity index (χ3n) is 3.18. The molecule has 23 heavy (non-hydrogen) atoms. The van der Waals surface area contributed by atoms with Crippen LogP contribution in [0.5, 0.6) is 5.75 Å². The van der Waals surface area contributed by atoms with E-state index in [9.17, 15) is 4.79 Å². The fourth-order valence-corrected chi connectivity index (χ4v) is 2.35. The number of rotatable bonds is 6. The SMILES string of the molecule is CC(C)(N)CNC(=O)c1ccccc1OCc1ccccc1Br. The molecule has 0 saturated carbocycles. The Morgan fingerprint density at radius 1 is 1.17 bits per heavy atom. The highest BCUT2D eigenvalue weighted by Crippen LogP contribution is 2.22. The smallest absolute Gasteiger partial charge is 0.255 e. The molecule has 2 rings (SSSR count). The van der Waals surface area contributed by atoms with Gasteiger partial charge in [-0.3, -0.25) is 4.79 Å². The monoisotopic (exact) mass is 376 g/mol. The van der Waals surface area contributed by atoms with Crippen LogP contribution in [0.4, 0.5) is 0 Å². The van der Waals surface area contributed by atoms with Crippen molar-refractivity contribution in [3.63, 3.8) is 0 Å². The Hall–Kier alpha value is -1.85. The Morgan fingerprint density at radius 2 is 1.83 bits per heavy atom. The van der Waals surface area contributed by atoms with Gasteiger partial charge in [0.1, 0.15) is 12.4 Å². The van der Waals surface area contributed by atoms with Gasteiger partial charge in [-0.25, -0.2) is 0 Å². The van der Waals surface area contributed by atoms with Crippen molar-refractivity contribution in [3.8, 4) is 5.75 Å². The summed E-state index contributed by atoms with van der Waals surface area (Å²) in [6, 6.07) is 15.0. The summed E-state index contributed by atoms with van der Waals surface area (Å²) in [5.74, 6) is 0.363. The van der Waals surface area contributed by atoms with Crippen molar-refractivity contribution in [1.29, 1.82) is 0 Å². The number of nitrogens with two attached hydrogens (primary N) is 1. The summed E-state index contributed by atoms with van der Waals surface area (Å²) in [5, 5.41) is 2.84. The molecule has 5 heteroatoms. The normalized spacial score (nSPS) is 11.1. The molecule has 0 bridgehead atoms. The zero-order chi connectivity index (χ0) is 16.9. The van der Waals surface area contributed by atoms with Crippen LogP contribution in [-0.4, -0.2) is 18.0 Å². The second-order valence-corrected chi connectivity index (χ2v) is 6.90. The lowest BCUT2D eigenvalue weighted by atomic mass is 10.1. The molecule has 0 aliphatic heterocycles. The summed E-state index contributed by atoms with van der Waals surface area (Å²) in [6.07, 6.45) is 0. The number of amides is 1. The van der Waals surface area contributed by atoms with E-state index in [4.69, 9.17) is 10.5 Å². The van der Waals surface area contributed by atoms with Crippen LogP contribution in [0.25, 0.3) is 0 Å². The van der Waals surface area contributed by atoms with E-state index in [0.29, 0.717) is 24.5 Å². The minimum absolute atomic E-state index is 0.189. The molecular formula is C18H21BrN2O2. The average molecular weight is 377 g/mol. The highest BCUT2D eigenvalue weighted by Gasteiger charge is 2.16. The number of para-hydroxylation sites is 1. The van der Waals surface area contributed by atoms with Gasteiger partial charge in [0.25, 0.3) is 5.91 Å². The predicted molar refractivity (Wildman–Crippen MR) is 95.5 cm³/mol. The standard InChI is InChI=1S/C18H21BrN2O2/c1-18(2,20)12-21-17(22)14-8-4-6-10-16(14)23-11-13-7-3-5-9-15(13)19/h3-10H,11-12,20H2,1-2H3,(H,21,22). The van der Waals surface area contributed by atoms with Crippen molar-refractivity contribution in [1.82, 2.24) is 5.32 Å². The number of halogens is 1. The molecule has 0 aliphatic carbocycles. The van der Waals surface area contributed by atoms with E-state index in [2.05, 4.69) is 21.2 Å². The van der Waals surface area contributed by atoms with E-state index in [1.54, 1.807) is 12.1 Å². The number of ether oxygens (including phenoxy) is 1. The largest absolute Gasteiger partial charge is 0.488 e. The van der Waals surface area contributed by atoms with Crippen molar-refractivity contribution >= 4 is 21.8 Å². The number of hydrogen-bond donors (Lipinski definition) is 2. The summed E-state index contributed by atoms with van der Waals surface area (Å²) in [7, 11) is 0. The van der Waals surface area contributed by atoms with Gasteiger partial charge in [-0.1, -0.05) is 46.3 Å². The van der Waals surface area contributed by atoms with E-state index in [-0.39, 0.29) is 5.91 Å². The molecule has 122 valence electrons. The first-order valence-corrected chi connectivity index (χ1v) is 8.18. The van der Waals surface area contributed by atoms with Crippen molar-refractivity contribution in [2.24, 2.45) is 5.73 Å². The maximum absolute atomic E-state index is 12.3. The number of benzene rings is 2. The second-order valence-electron chi connectivity index (χ2n) is 6.05. The van der Waals surface area contributed by atoms with Gasteiger partial charge in [0, 0.05) is 22.1 Å². The summed E-state index contributed by atoms with van der Waals surface area (Å²) < 4.78 is 6.81. The van der Waals surface area contributed by atoms with Gasteiger partial charge in [-0.15, -0.1) is 0 Å². The number of carbonyl (C=O) groups excluding carboxylic acids is 1. The van der Waals surface area contributed by atoms with Gasteiger partial charge in [0.2, 0.25) is 0 Å². The lowest BCUT2D eigenvalue weighted by Gasteiger charge is -2.19. The highest BCUT2D eigenvalue weighted by molar-refractivity contribution is 9.10. The number of hydrogen-bond acceptors (Lipinski definition) is 3. The summed E-state index contributed by atoms with van der Waals surface area (Å²) >= 11 is 3.49. The van der Waals surface area contributed by atoms with E-state index in [1.807, 2.05) is 50.2 Å². The van der Waals surface area contributed by atoms with Crippen LogP contribution in [0.1, 0.15) is 29.8 Å². The lowest BCUT2D eigenvalue weighted by molar-refractivity contribution is 0.0941. The summed E-state index contributed by atoms with van der Waals surface area (Å²) in [4.78, 5) is 12.3. The van der Waals surface area contributed by atoms with Gasteiger partial charge in [-0.05, 0) is 32.0 Å². The topological polar surface area (TPSA) is 64.3 Å². The van der Waals surface area contributed by atoms with E-state index < -0.39 is 5.54 Å². The van der Waals surface area contributed by atoms with E-state index in [1.165, 1.54) is 0 Å². The maximum Gasteiger partial charge on any atom is 0.255 e. The molecule has 0 atom stereocenters. The first kappa shape index (κ1) is 17.5. The zero-order valence-electron chi connectivity index (χ0n) is 13.3. The molecule has 0 radical (unpaired) electrons. The van der Waals surface area contributed by atoms with Crippen LogP contribution in [0.15, 0.2) is 53.0 Å². The first-order valence-electron chi connectivity index (χ1n) is 7.39. The molecule has 4 nitrogen and oxygen atoms in total. The minimum atomic E-state index is -0.458. The molecule has 0 aliphatic rings. The molecule has 0 spiro atoms. The Kier molecular flexibility index (Phi) is 5.80. The van der Waals surface area contributed by atoms with Gasteiger partial charge in [0.15, 0.2) is 0 Å². The van der Waals surface area contributed by atoms with Crippen LogP contribution >= 0.6 is 15.9 Å². The van der Waals surface area contributed by atoms with E-state index >= 15 is 0 Å². The molecule has 2 aromatic carbocycles. The Balaban J connectivity index is 2.08. The lowest BCUT2D eigenvalue weighted by Crippen LogP contribution is -2.45. The van der Waals surface area contributed by atoms with Crippen molar-refractivity contribution < 1.29 is 9.53 Å². The minimum Gasteiger partial charge on any atom is -0.488 e. The average Bonchev–Trinajstić information content (AvgIpc) is 2.51. The molecule has 0 heterocycles. The van der Waals surface area contributed by atoms with Crippen molar-refractivity contribution in [2.45, 2.75) is 26.0 Å². The highest BCUT2D eigenvalue weighted by atomic mass is 79.9. The molecule has 3 N–H and O–H groups in total. The number of nitrogens with one attached hydrogen (secondary N) is 1. The van der Waals surface area contributed by atoms with Crippen LogP contribution in [-0.2, 0) is 6.61 Å². The molecule has 1 amide bonds. The van der Waals surface area contributed by atoms with Crippen molar-refractivity contribution in [3.05, 3.63) is 64.1 Å². The van der Waals surface area contributed by atoms with Gasteiger partial charge in [-0.2, -0.15) is 0 Å². The number of carbonyl (C=O) groups is 1. The zero-order valence-corrected chi connectivity index (χ0v) is 14.9. The second kappa shape index (κ2) is 7.62. The van der Waals surface area contributed by atoms with E-state index in [0.717, 1.165) is 10.0 Å². The quantitative estimate of drug-likeness (QED) is 0.810. The molecule has 0 fully saturated rings. The fourth-order valence-electron chi connectivity index (χ4n) is 1.95. The van der Waals surface area contributed by atoms with Gasteiger partial charge < -0.3 is 15.8 Å². The third kappa shape index (κ3) is 5.37. The van der Waals surface area contributed by atoms with Crippen LogP contribution in [0, 0.1) is 0 Å². The molecule has 0 aromatic heterocycles. The first-order chi connectivity index (χ1) is 10.9. The van der Waals surface area contributed by atoms with Crippen LogP contribution in [0.2, 0.25) is 0 Å². The Labute approximate surface area is 145 Å². The summed E-state index contributed by atoms with van der Waals surface area (Å²) in [6.45, 7) is 4.50. The van der Waals surface area contributed by atoms with Crippen LogP contribution in [0.3, 0.4) is 0 Å².